The minimum atomic E-state index is 0. The minimum Gasteiger partial charge on any atom is -0.368 e. The molecule has 1 fully saturated rings. The van der Waals surface area contributed by atoms with Crippen LogP contribution in [0, 0.1) is 0 Å². The van der Waals surface area contributed by atoms with Crippen molar-refractivity contribution < 1.29 is 4.74 Å². The van der Waals surface area contributed by atoms with Crippen LogP contribution in [0.15, 0.2) is 24.3 Å². The number of hydrogen-bond acceptors (Lipinski definition) is 2. The summed E-state index contributed by atoms with van der Waals surface area (Å²) in [7, 11) is 4.32. The molecule has 0 aromatic heterocycles. The number of benzene rings is 1. The summed E-state index contributed by atoms with van der Waals surface area (Å²) in [5, 5.41) is 0. The van der Waals surface area contributed by atoms with E-state index in [4.69, 9.17) is 4.74 Å². The Bertz CT molecular complexity index is 394. The van der Waals surface area contributed by atoms with Crippen LogP contribution in [0.25, 0.3) is 0 Å². The van der Waals surface area contributed by atoms with Crippen molar-refractivity contribution in [3.05, 3.63) is 35.4 Å². The Labute approximate surface area is 109 Å². The van der Waals surface area contributed by atoms with E-state index in [1.54, 1.807) is 0 Å². The van der Waals surface area contributed by atoms with Gasteiger partial charge >= 0.3 is 0 Å². The lowest BCUT2D eigenvalue weighted by Gasteiger charge is -2.44. The van der Waals surface area contributed by atoms with Crippen molar-refractivity contribution in [2.24, 2.45) is 0 Å². The van der Waals surface area contributed by atoms with Crippen LogP contribution in [0.1, 0.15) is 30.1 Å². The summed E-state index contributed by atoms with van der Waals surface area (Å²) >= 11 is 0. The van der Waals surface area contributed by atoms with Crippen molar-refractivity contribution in [3.8, 4) is 0 Å². The Morgan fingerprint density at radius 3 is 2.71 bits per heavy atom. The Morgan fingerprint density at radius 1 is 1.18 bits per heavy atom. The van der Waals surface area contributed by atoms with Gasteiger partial charge in [0.25, 0.3) is 0 Å². The molecule has 2 bridgehead atoms. The highest BCUT2D eigenvalue weighted by Crippen LogP contribution is 2.40. The highest BCUT2D eigenvalue weighted by atomic mass is 35.5. The van der Waals surface area contributed by atoms with Gasteiger partial charge in [-0.05, 0) is 44.5 Å². The Hall–Kier alpha value is -0.570. The largest absolute Gasteiger partial charge is 0.368 e. The molecule has 17 heavy (non-hydrogen) atoms. The van der Waals surface area contributed by atoms with E-state index in [1.165, 1.54) is 24.0 Å². The van der Waals surface area contributed by atoms with Gasteiger partial charge in [-0.15, -0.1) is 12.4 Å². The summed E-state index contributed by atoms with van der Waals surface area (Å²) in [5.74, 6) is 0. The van der Waals surface area contributed by atoms with Crippen LogP contribution in [-0.2, 0) is 11.2 Å². The van der Waals surface area contributed by atoms with Crippen molar-refractivity contribution in [2.75, 3.05) is 14.1 Å². The summed E-state index contributed by atoms with van der Waals surface area (Å²) < 4.78 is 6.18. The molecule has 0 radical (unpaired) electrons. The lowest BCUT2D eigenvalue weighted by atomic mass is 9.83. The standard InChI is InChI=1S/C14H19NO.ClH/c1-15(2)13-8-7-11-9-10-5-3-4-6-12(10)14(13)16-11;/h3-6,11,13-14H,7-9H2,1-2H3;1H/t11-,13+,14-;/m1./s1. The fraction of sp³-hybridized carbons (Fsp3) is 0.571. The summed E-state index contributed by atoms with van der Waals surface area (Å²) in [6, 6.07) is 9.31. The number of nitrogens with zero attached hydrogens (tertiary/aromatic N) is 1. The van der Waals surface area contributed by atoms with Gasteiger partial charge in [0.2, 0.25) is 0 Å². The first kappa shape index (κ1) is 12.9. The van der Waals surface area contributed by atoms with E-state index in [0.717, 1.165) is 6.42 Å². The van der Waals surface area contributed by atoms with E-state index in [9.17, 15) is 0 Å². The zero-order valence-electron chi connectivity index (χ0n) is 10.4. The van der Waals surface area contributed by atoms with E-state index in [-0.39, 0.29) is 12.4 Å². The number of likely N-dealkylation sites (N-methyl/N-ethyl adjacent to an activating group) is 1. The normalized spacial score (nSPS) is 30.6. The third kappa shape index (κ3) is 2.22. The molecule has 0 saturated carbocycles. The molecule has 94 valence electrons. The SMILES string of the molecule is CN(C)[C@H]1CC[C@@H]2Cc3ccccc3[C@H]1O2.Cl. The smallest absolute Gasteiger partial charge is 0.0986 e. The summed E-state index contributed by atoms with van der Waals surface area (Å²) in [4.78, 5) is 2.31. The van der Waals surface area contributed by atoms with Crippen LogP contribution in [0.3, 0.4) is 0 Å². The Balaban J connectivity index is 0.00000108. The fourth-order valence-corrected chi connectivity index (χ4v) is 3.08. The number of rotatable bonds is 1. The number of halogens is 1. The maximum Gasteiger partial charge on any atom is 0.0986 e. The fourth-order valence-electron chi connectivity index (χ4n) is 3.08. The van der Waals surface area contributed by atoms with Gasteiger partial charge < -0.3 is 9.64 Å². The molecule has 0 unspecified atom stereocenters. The van der Waals surface area contributed by atoms with Crippen LogP contribution in [-0.4, -0.2) is 31.1 Å². The Morgan fingerprint density at radius 2 is 1.94 bits per heavy atom. The predicted octanol–water partition coefficient (Wildman–Crippen LogP) is 2.81. The van der Waals surface area contributed by atoms with Crippen molar-refractivity contribution in [2.45, 2.75) is 37.5 Å². The van der Waals surface area contributed by atoms with E-state index < -0.39 is 0 Å². The molecule has 0 amide bonds. The van der Waals surface area contributed by atoms with Crippen LogP contribution in [0.2, 0.25) is 0 Å². The molecule has 2 aliphatic rings. The molecule has 1 aromatic carbocycles. The molecule has 3 atom stereocenters. The summed E-state index contributed by atoms with van der Waals surface area (Å²) in [6.07, 6.45) is 4.31. The lowest BCUT2D eigenvalue weighted by Crippen LogP contribution is -2.44. The average molecular weight is 254 g/mol. The van der Waals surface area contributed by atoms with Crippen molar-refractivity contribution in [1.82, 2.24) is 4.90 Å². The first-order valence-electron chi connectivity index (χ1n) is 6.15. The minimum absolute atomic E-state index is 0. The average Bonchev–Trinajstić information content (AvgIpc) is 2.29. The van der Waals surface area contributed by atoms with Gasteiger partial charge in [-0.25, -0.2) is 0 Å². The first-order valence-corrected chi connectivity index (χ1v) is 6.15. The highest BCUT2D eigenvalue weighted by molar-refractivity contribution is 5.85. The van der Waals surface area contributed by atoms with Crippen LogP contribution in [0.5, 0.6) is 0 Å². The molecule has 3 rings (SSSR count). The first-order chi connectivity index (χ1) is 7.75. The number of ether oxygens (including phenoxy) is 1. The van der Waals surface area contributed by atoms with Gasteiger partial charge in [0.05, 0.1) is 12.2 Å². The van der Waals surface area contributed by atoms with Gasteiger partial charge in [0.15, 0.2) is 0 Å². The van der Waals surface area contributed by atoms with E-state index in [1.807, 2.05) is 0 Å². The topological polar surface area (TPSA) is 12.5 Å². The maximum atomic E-state index is 6.18. The molecule has 1 aromatic rings. The predicted molar refractivity (Wildman–Crippen MR) is 71.7 cm³/mol. The second-order valence-electron chi connectivity index (χ2n) is 5.19. The van der Waals surface area contributed by atoms with Crippen LogP contribution in [0.4, 0.5) is 0 Å². The Kier molecular flexibility index (Phi) is 3.76. The van der Waals surface area contributed by atoms with Crippen LogP contribution >= 0.6 is 12.4 Å². The summed E-state index contributed by atoms with van der Waals surface area (Å²) in [6.45, 7) is 0. The van der Waals surface area contributed by atoms with Crippen LogP contribution < -0.4 is 0 Å². The zero-order chi connectivity index (χ0) is 11.1. The molecule has 2 aliphatic heterocycles. The summed E-state index contributed by atoms with van der Waals surface area (Å²) in [5.41, 5.74) is 2.91. The van der Waals surface area contributed by atoms with E-state index in [2.05, 4.69) is 43.3 Å². The van der Waals surface area contributed by atoms with Gasteiger partial charge in [0, 0.05) is 6.04 Å². The molecule has 0 aliphatic carbocycles. The molecule has 2 nitrogen and oxygen atoms in total. The molecule has 1 saturated heterocycles. The monoisotopic (exact) mass is 253 g/mol. The van der Waals surface area contributed by atoms with Crippen molar-refractivity contribution in [3.63, 3.8) is 0 Å². The zero-order valence-corrected chi connectivity index (χ0v) is 11.2. The van der Waals surface area contributed by atoms with Gasteiger partial charge in [0.1, 0.15) is 0 Å². The lowest BCUT2D eigenvalue weighted by molar-refractivity contribution is -0.101. The molecule has 3 heteroatoms. The van der Waals surface area contributed by atoms with Gasteiger partial charge in [-0.2, -0.15) is 0 Å². The van der Waals surface area contributed by atoms with Crippen molar-refractivity contribution in [1.29, 1.82) is 0 Å². The molecular weight excluding hydrogens is 234 g/mol. The van der Waals surface area contributed by atoms with E-state index >= 15 is 0 Å². The third-order valence-corrected chi connectivity index (χ3v) is 3.95. The maximum absolute atomic E-state index is 6.18. The van der Waals surface area contributed by atoms with Gasteiger partial charge in [-0.3, -0.25) is 0 Å². The van der Waals surface area contributed by atoms with Crippen molar-refractivity contribution >= 4 is 12.4 Å². The highest BCUT2D eigenvalue weighted by Gasteiger charge is 2.38. The van der Waals surface area contributed by atoms with Gasteiger partial charge in [-0.1, -0.05) is 24.3 Å². The second kappa shape index (κ2) is 4.97. The second-order valence-corrected chi connectivity index (χ2v) is 5.19. The number of fused-ring (bicyclic) bond motifs is 4. The quantitative estimate of drug-likeness (QED) is 0.763. The number of hydrogen-bond donors (Lipinski definition) is 0. The molecule has 2 heterocycles. The molecule has 0 spiro atoms. The van der Waals surface area contributed by atoms with E-state index in [0.29, 0.717) is 18.2 Å². The third-order valence-electron chi connectivity index (χ3n) is 3.95. The molecule has 0 N–H and O–H groups in total. The molecular formula is C14H20ClNO.